The first-order valence-electron chi connectivity index (χ1n) is 13.5. The number of carboxylic acid groups (broad SMARTS) is 1. The maximum absolute atomic E-state index is 13.1. The van der Waals surface area contributed by atoms with Crippen LogP contribution in [-0.2, 0) is 27.8 Å². The molecule has 0 aliphatic heterocycles. The summed E-state index contributed by atoms with van der Waals surface area (Å²) in [5, 5.41) is 35.4. The summed E-state index contributed by atoms with van der Waals surface area (Å²) in [7, 11) is 1.86. The van der Waals surface area contributed by atoms with Gasteiger partial charge in [0, 0.05) is 36.7 Å². The summed E-state index contributed by atoms with van der Waals surface area (Å²) >= 11 is 0. The van der Waals surface area contributed by atoms with Crippen molar-refractivity contribution in [1.82, 2.24) is 4.90 Å². The molecule has 218 valence electrons. The summed E-state index contributed by atoms with van der Waals surface area (Å²) in [5.41, 5.74) is 3.80. The zero-order valence-corrected chi connectivity index (χ0v) is 24.3. The molecule has 1 N–H and O–H groups in total. The van der Waals surface area contributed by atoms with Gasteiger partial charge >= 0.3 is 16.5 Å². The van der Waals surface area contributed by atoms with E-state index in [9.17, 15) is 20.1 Å². The predicted molar refractivity (Wildman–Crippen MR) is 158 cm³/mol. The van der Waals surface area contributed by atoms with Crippen LogP contribution in [0, 0.1) is 0 Å². The SMILES string of the molecule is CN(CC([O-])=Nc1ccccc1C(=N[C@H](C(=O)[O-])[C@@H](CCO)c1ccccc1)c1ccccc1)Cc1ccccc1.[Ni+2]. The van der Waals surface area contributed by atoms with Gasteiger partial charge in [-0.25, -0.2) is 0 Å². The summed E-state index contributed by atoms with van der Waals surface area (Å²) in [6.07, 6.45) is 0.187. The first-order chi connectivity index (χ1) is 20.0. The van der Waals surface area contributed by atoms with Gasteiger partial charge in [-0.3, -0.25) is 14.9 Å². The Balaban J connectivity index is 0.00000484. The minimum atomic E-state index is -1.35. The maximum Gasteiger partial charge on any atom is 2.00 e. The largest absolute Gasteiger partial charge is 2.00 e. The summed E-state index contributed by atoms with van der Waals surface area (Å²) < 4.78 is 0. The van der Waals surface area contributed by atoms with E-state index in [2.05, 4.69) is 4.99 Å². The molecule has 2 atom stereocenters. The number of aliphatic hydroxyl groups excluding tert-OH is 1. The van der Waals surface area contributed by atoms with Crippen molar-refractivity contribution in [3.63, 3.8) is 0 Å². The van der Waals surface area contributed by atoms with E-state index in [1.165, 1.54) is 0 Å². The molecule has 4 aromatic carbocycles. The Labute approximate surface area is 256 Å². The van der Waals surface area contributed by atoms with Gasteiger partial charge in [-0.2, -0.15) is 0 Å². The quantitative estimate of drug-likeness (QED) is 0.143. The second-order valence-corrected chi connectivity index (χ2v) is 9.82. The smallest absolute Gasteiger partial charge is 0.861 e. The Morgan fingerprint density at radius 2 is 1.40 bits per heavy atom. The van der Waals surface area contributed by atoms with Crippen LogP contribution in [0.2, 0.25) is 0 Å². The number of likely N-dealkylation sites (N-methyl/N-ethyl adjacent to an activating group) is 1. The number of hydrogen-bond donors (Lipinski definition) is 1. The summed E-state index contributed by atoms with van der Waals surface area (Å²) in [6.45, 7) is 0.491. The minimum Gasteiger partial charge on any atom is -0.861 e. The maximum atomic E-state index is 13.1. The summed E-state index contributed by atoms with van der Waals surface area (Å²) in [4.78, 5) is 23.6. The first kappa shape index (κ1) is 32.4. The number of carbonyl (C=O) groups is 1. The first-order valence-corrected chi connectivity index (χ1v) is 13.5. The van der Waals surface area contributed by atoms with Gasteiger partial charge in [-0.15, -0.1) is 0 Å². The predicted octanol–water partition coefficient (Wildman–Crippen LogP) is 3.33. The third-order valence-corrected chi connectivity index (χ3v) is 6.71. The van der Waals surface area contributed by atoms with Crippen LogP contribution in [0.1, 0.15) is 34.6 Å². The number of aliphatic imine (C=N–C) groups is 2. The number of carbonyl (C=O) groups excluding carboxylic acids is 1. The van der Waals surface area contributed by atoms with Crippen LogP contribution in [0.4, 0.5) is 5.69 Å². The zero-order chi connectivity index (χ0) is 29.0. The Kier molecular flexibility index (Phi) is 12.6. The molecular weight excluding hydrogens is 573 g/mol. The number of aliphatic carboxylic acids is 1. The second kappa shape index (κ2) is 16.4. The molecule has 0 unspecified atom stereocenters. The standard InChI is InChI=1S/C34H35N3O4.Ni/c1-37(23-25-13-5-2-6-14-25)24-31(39)35-30-20-12-11-19-29(30)32(27-17-9-4-10-18-27)36-33(34(40)41)28(21-22-38)26-15-7-3-8-16-26;/h2-20,28,33,38H,21-24H2,1H3,(H,35,39)(H,40,41);/q;+2/p-2/t28-,33-;/m0./s1. The van der Waals surface area contributed by atoms with Gasteiger partial charge in [-0.1, -0.05) is 109 Å². The van der Waals surface area contributed by atoms with E-state index in [0.717, 1.165) is 11.1 Å². The monoisotopic (exact) mass is 605 g/mol. The van der Waals surface area contributed by atoms with Gasteiger partial charge in [-0.05, 0) is 36.6 Å². The third-order valence-electron chi connectivity index (χ3n) is 6.71. The molecule has 0 aromatic heterocycles. The van der Waals surface area contributed by atoms with Crippen molar-refractivity contribution >= 4 is 23.3 Å². The van der Waals surface area contributed by atoms with Crippen LogP contribution >= 0.6 is 0 Å². The molecule has 0 saturated heterocycles. The fraction of sp³-hybridized carbons (Fsp3) is 0.206. The normalized spacial score (nSPS) is 13.3. The molecule has 0 fully saturated rings. The molecule has 4 rings (SSSR count). The van der Waals surface area contributed by atoms with Gasteiger partial charge in [0.1, 0.15) is 0 Å². The molecular formula is C34H33N3NiO4. The van der Waals surface area contributed by atoms with Crippen LogP contribution in [0.25, 0.3) is 0 Å². The molecule has 0 heterocycles. The number of rotatable bonds is 13. The number of benzene rings is 4. The van der Waals surface area contributed by atoms with Crippen molar-refractivity contribution in [2.75, 3.05) is 20.2 Å². The van der Waals surface area contributed by atoms with Crippen LogP contribution in [0.15, 0.2) is 125 Å². The molecule has 8 heteroatoms. The number of aliphatic hydroxyl groups is 1. The molecule has 7 nitrogen and oxygen atoms in total. The van der Waals surface area contributed by atoms with Crippen molar-refractivity contribution in [2.24, 2.45) is 9.98 Å². The Morgan fingerprint density at radius 1 is 0.833 bits per heavy atom. The molecule has 0 saturated carbocycles. The molecule has 0 amide bonds. The van der Waals surface area contributed by atoms with E-state index in [-0.39, 0.29) is 42.0 Å². The van der Waals surface area contributed by atoms with E-state index in [1.54, 1.807) is 24.3 Å². The zero-order valence-electron chi connectivity index (χ0n) is 23.3. The number of para-hydroxylation sites is 1. The number of nitrogens with zero attached hydrogens (tertiary/aromatic N) is 3. The Hall–Kier alpha value is -4.10. The molecule has 0 spiro atoms. The van der Waals surface area contributed by atoms with Crippen molar-refractivity contribution in [2.45, 2.75) is 24.9 Å². The van der Waals surface area contributed by atoms with E-state index in [1.807, 2.05) is 103 Å². The van der Waals surface area contributed by atoms with E-state index in [4.69, 9.17) is 4.99 Å². The molecule has 0 bridgehead atoms. The van der Waals surface area contributed by atoms with Gasteiger partial charge in [0.15, 0.2) is 0 Å². The van der Waals surface area contributed by atoms with Gasteiger partial charge < -0.3 is 20.1 Å². The van der Waals surface area contributed by atoms with Crippen molar-refractivity contribution in [1.29, 1.82) is 0 Å². The van der Waals surface area contributed by atoms with Crippen LogP contribution < -0.4 is 10.2 Å². The van der Waals surface area contributed by atoms with Gasteiger partial charge in [0.25, 0.3) is 0 Å². The molecule has 0 radical (unpaired) electrons. The molecule has 42 heavy (non-hydrogen) atoms. The fourth-order valence-electron chi connectivity index (χ4n) is 4.81. The Morgan fingerprint density at radius 3 is 2.02 bits per heavy atom. The topological polar surface area (TPSA) is 111 Å². The third kappa shape index (κ3) is 8.95. The molecule has 0 aliphatic rings. The van der Waals surface area contributed by atoms with Crippen molar-refractivity contribution in [3.05, 3.63) is 138 Å². The fourth-order valence-corrected chi connectivity index (χ4v) is 4.81. The molecule has 0 aliphatic carbocycles. The summed E-state index contributed by atoms with van der Waals surface area (Å²) in [5.74, 6) is -2.31. The van der Waals surface area contributed by atoms with Crippen molar-refractivity contribution in [3.8, 4) is 0 Å². The second-order valence-electron chi connectivity index (χ2n) is 9.82. The van der Waals surface area contributed by atoms with Crippen LogP contribution in [0.5, 0.6) is 0 Å². The van der Waals surface area contributed by atoms with E-state index < -0.39 is 17.9 Å². The molecule has 4 aromatic rings. The number of hydrogen-bond acceptors (Lipinski definition) is 7. The Bertz CT molecular complexity index is 1460. The summed E-state index contributed by atoms with van der Waals surface area (Å²) in [6, 6.07) is 34.0. The van der Waals surface area contributed by atoms with Crippen LogP contribution in [0.3, 0.4) is 0 Å². The van der Waals surface area contributed by atoms with E-state index in [0.29, 0.717) is 29.1 Å². The minimum absolute atomic E-state index is 0. The van der Waals surface area contributed by atoms with Gasteiger partial charge in [0.2, 0.25) is 0 Å². The average molecular weight is 606 g/mol. The van der Waals surface area contributed by atoms with E-state index >= 15 is 0 Å². The van der Waals surface area contributed by atoms with Crippen molar-refractivity contribution < 1.29 is 36.6 Å². The average Bonchev–Trinajstić information content (AvgIpc) is 2.98. The number of carboxylic acids is 1. The van der Waals surface area contributed by atoms with Gasteiger partial charge in [0.05, 0.1) is 23.4 Å². The van der Waals surface area contributed by atoms with Crippen LogP contribution in [-0.4, -0.2) is 53.8 Å².